The summed E-state index contributed by atoms with van der Waals surface area (Å²) in [6.45, 7) is 3.40. The monoisotopic (exact) mass is 370 g/mol. The predicted octanol–water partition coefficient (Wildman–Crippen LogP) is 2.52. The van der Waals surface area contributed by atoms with Gasteiger partial charge in [0.2, 0.25) is 11.8 Å². The van der Waals surface area contributed by atoms with E-state index >= 15 is 0 Å². The fourth-order valence-corrected chi connectivity index (χ4v) is 4.52. The smallest absolute Gasteiger partial charge is 0.251 e. The third kappa shape index (κ3) is 3.50. The summed E-state index contributed by atoms with van der Waals surface area (Å²) in [7, 11) is 0. The van der Waals surface area contributed by atoms with Crippen LogP contribution in [0, 0.1) is 17.8 Å². The Labute approximate surface area is 159 Å². The molecule has 0 bridgehead atoms. The number of amides is 3. The molecule has 0 spiro atoms. The van der Waals surface area contributed by atoms with Crippen LogP contribution >= 0.6 is 0 Å². The van der Waals surface area contributed by atoms with Gasteiger partial charge in [0.1, 0.15) is 0 Å². The lowest BCUT2D eigenvalue weighted by molar-refractivity contribution is -0.122. The quantitative estimate of drug-likeness (QED) is 0.827. The van der Waals surface area contributed by atoms with E-state index in [0.29, 0.717) is 23.7 Å². The van der Waals surface area contributed by atoms with Crippen molar-refractivity contribution in [2.45, 2.75) is 45.1 Å². The third-order valence-corrected chi connectivity index (χ3v) is 6.09. The molecule has 0 unspecified atom stereocenters. The van der Waals surface area contributed by atoms with Crippen LogP contribution in [0.3, 0.4) is 0 Å². The van der Waals surface area contributed by atoms with E-state index in [4.69, 9.17) is 4.74 Å². The molecule has 2 saturated heterocycles. The van der Waals surface area contributed by atoms with Crippen molar-refractivity contribution < 1.29 is 19.1 Å². The van der Waals surface area contributed by atoms with Crippen molar-refractivity contribution in [2.75, 3.05) is 18.1 Å². The minimum Gasteiger partial charge on any atom is -0.376 e. The molecule has 0 aromatic heterocycles. The van der Waals surface area contributed by atoms with E-state index < -0.39 is 0 Å². The van der Waals surface area contributed by atoms with E-state index in [1.165, 1.54) is 4.90 Å². The maximum absolute atomic E-state index is 12.8. The molecule has 1 aliphatic carbocycles. The van der Waals surface area contributed by atoms with Gasteiger partial charge in [-0.2, -0.15) is 0 Å². The van der Waals surface area contributed by atoms with Gasteiger partial charge in [-0.3, -0.25) is 19.3 Å². The van der Waals surface area contributed by atoms with E-state index in [1.54, 1.807) is 24.3 Å². The molecule has 144 valence electrons. The highest BCUT2D eigenvalue weighted by atomic mass is 16.5. The molecule has 1 N–H and O–H groups in total. The van der Waals surface area contributed by atoms with Gasteiger partial charge in [0.05, 0.1) is 23.6 Å². The van der Waals surface area contributed by atoms with E-state index in [9.17, 15) is 14.4 Å². The average Bonchev–Trinajstić information content (AvgIpc) is 3.27. The van der Waals surface area contributed by atoms with Crippen molar-refractivity contribution >= 4 is 23.4 Å². The number of imide groups is 1. The second-order valence-electron chi connectivity index (χ2n) is 8.04. The Bertz CT molecular complexity index is 739. The van der Waals surface area contributed by atoms with Crippen molar-refractivity contribution in [3.05, 3.63) is 29.8 Å². The minimum atomic E-state index is -0.185. The number of hydrogen-bond donors (Lipinski definition) is 1. The first kappa shape index (κ1) is 18.2. The van der Waals surface area contributed by atoms with E-state index in [0.717, 1.165) is 38.7 Å². The van der Waals surface area contributed by atoms with E-state index in [1.807, 2.05) is 0 Å². The van der Waals surface area contributed by atoms with Crippen LogP contribution in [-0.4, -0.2) is 37.0 Å². The summed E-state index contributed by atoms with van der Waals surface area (Å²) in [6, 6.07) is 6.73. The molecule has 1 aromatic carbocycles. The molecule has 3 aliphatic rings. The van der Waals surface area contributed by atoms with Gasteiger partial charge in [0.15, 0.2) is 0 Å². The van der Waals surface area contributed by atoms with Gasteiger partial charge in [-0.05, 0) is 62.3 Å². The normalized spacial score (nSPS) is 30.5. The van der Waals surface area contributed by atoms with Gasteiger partial charge in [0, 0.05) is 18.7 Å². The largest absolute Gasteiger partial charge is 0.376 e. The predicted molar refractivity (Wildman–Crippen MR) is 100 cm³/mol. The molecule has 3 fully saturated rings. The Morgan fingerprint density at radius 2 is 1.85 bits per heavy atom. The molecular weight excluding hydrogens is 344 g/mol. The Balaban J connectivity index is 1.43. The first-order valence-corrected chi connectivity index (χ1v) is 9.92. The van der Waals surface area contributed by atoms with Crippen LogP contribution in [-0.2, 0) is 14.3 Å². The number of rotatable bonds is 4. The number of ether oxygens (including phenoxy) is 1. The summed E-state index contributed by atoms with van der Waals surface area (Å²) in [4.78, 5) is 39.1. The van der Waals surface area contributed by atoms with E-state index in [2.05, 4.69) is 12.2 Å². The van der Waals surface area contributed by atoms with Crippen LogP contribution in [0.25, 0.3) is 0 Å². The number of benzene rings is 1. The van der Waals surface area contributed by atoms with Crippen LogP contribution in [0.15, 0.2) is 24.3 Å². The van der Waals surface area contributed by atoms with E-state index in [-0.39, 0.29) is 35.7 Å². The zero-order valence-electron chi connectivity index (χ0n) is 15.6. The Morgan fingerprint density at radius 3 is 2.56 bits per heavy atom. The van der Waals surface area contributed by atoms with Gasteiger partial charge >= 0.3 is 0 Å². The summed E-state index contributed by atoms with van der Waals surface area (Å²) in [5.41, 5.74) is 1.07. The molecule has 2 aliphatic heterocycles. The fraction of sp³-hybridized carbons (Fsp3) is 0.571. The van der Waals surface area contributed by atoms with Gasteiger partial charge in [-0.15, -0.1) is 0 Å². The van der Waals surface area contributed by atoms with Gasteiger partial charge in [0.25, 0.3) is 5.91 Å². The van der Waals surface area contributed by atoms with Crippen molar-refractivity contribution in [2.24, 2.45) is 17.8 Å². The second-order valence-corrected chi connectivity index (χ2v) is 8.04. The zero-order chi connectivity index (χ0) is 19.0. The lowest BCUT2D eigenvalue weighted by Crippen LogP contribution is -2.32. The van der Waals surface area contributed by atoms with Crippen LogP contribution in [0.2, 0.25) is 0 Å². The van der Waals surface area contributed by atoms with Crippen LogP contribution in [0.5, 0.6) is 0 Å². The second kappa shape index (κ2) is 7.43. The van der Waals surface area contributed by atoms with Crippen molar-refractivity contribution in [1.29, 1.82) is 0 Å². The highest BCUT2D eigenvalue weighted by molar-refractivity contribution is 6.22. The summed E-state index contributed by atoms with van der Waals surface area (Å²) >= 11 is 0. The highest BCUT2D eigenvalue weighted by Crippen LogP contribution is 2.42. The number of carbonyl (C=O) groups excluding carboxylic acids is 3. The summed E-state index contributed by atoms with van der Waals surface area (Å²) in [6.07, 6.45) is 4.68. The third-order valence-electron chi connectivity index (χ3n) is 6.09. The summed E-state index contributed by atoms with van der Waals surface area (Å²) < 4.78 is 5.51. The first-order valence-electron chi connectivity index (χ1n) is 9.92. The van der Waals surface area contributed by atoms with Crippen LogP contribution in [0.4, 0.5) is 5.69 Å². The highest BCUT2D eigenvalue weighted by Gasteiger charge is 2.49. The molecule has 4 atom stereocenters. The molecule has 2 heterocycles. The van der Waals surface area contributed by atoms with Gasteiger partial charge in [-0.25, -0.2) is 0 Å². The minimum absolute atomic E-state index is 0.0903. The van der Waals surface area contributed by atoms with Crippen LogP contribution in [0.1, 0.15) is 49.4 Å². The molecular formula is C21H26N2O4. The molecule has 4 rings (SSSR count). The van der Waals surface area contributed by atoms with Crippen molar-refractivity contribution in [3.63, 3.8) is 0 Å². The molecule has 27 heavy (non-hydrogen) atoms. The zero-order valence-corrected chi connectivity index (χ0v) is 15.6. The lowest BCUT2D eigenvalue weighted by atomic mass is 9.76. The Hall–Kier alpha value is -2.21. The SMILES string of the molecule is C[C@@H]1CC[C@@H]2C(=O)N(c3ccc(C(=O)NC[C@@H]4CCCO4)cc3)C(=O)[C@@H]2C1. The molecule has 0 radical (unpaired) electrons. The number of anilines is 1. The molecule has 6 nitrogen and oxygen atoms in total. The number of hydrogen-bond acceptors (Lipinski definition) is 4. The summed E-state index contributed by atoms with van der Waals surface area (Å²) in [5, 5.41) is 2.88. The molecule has 3 amide bonds. The molecule has 6 heteroatoms. The lowest BCUT2D eigenvalue weighted by Gasteiger charge is -2.25. The molecule has 1 aromatic rings. The fourth-order valence-electron chi connectivity index (χ4n) is 4.52. The maximum atomic E-state index is 12.8. The van der Waals surface area contributed by atoms with Gasteiger partial charge in [-0.1, -0.05) is 6.92 Å². The standard InChI is InChI=1S/C21H26N2O4/c1-13-4-9-17-18(11-13)21(26)23(20(17)25)15-7-5-14(6-8-15)19(24)22-12-16-3-2-10-27-16/h5-8,13,16-18H,2-4,9-12H2,1H3,(H,22,24)/t13-,16+,17+,18-/m1/s1. The van der Waals surface area contributed by atoms with Crippen molar-refractivity contribution in [1.82, 2.24) is 5.32 Å². The number of carbonyl (C=O) groups is 3. The topological polar surface area (TPSA) is 75.7 Å². The Morgan fingerprint density at radius 1 is 1.11 bits per heavy atom. The Kier molecular flexibility index (Phi) is 5.00. The number of nitrogens with one attached hydrogen (secondary N) is 1. The van der Waals surface area contributed by atoms with Crippen molar-refractivity contribution in [3.8, 4) is 0 Å². The molecule has 1 saturated carbocycles. The van der Waals surface area contributed by atoms with Gasteiger partial charge < -0.3 is 10.1 Å². The first-order chi connectivity index (χ1) is 13.0. The number of fused-ring (bicyclic) bond motifs is 1. The van der Waals surface area contributed by atoms with Crippen LogP contribution < -0.4 is 10.2 Å². The number of nitrogens with zero attached hydrogens (tertiary/aromatic N) is 1. The summed E-state index contributed by atoms with van der Waals surface area (Å²) in [5.74, 6) is -0.227. The maximum Gasteiger partial charge on any atom is 0.251 e. The average molecular weight is 370 g/mol.